The fourth-order valence-electron chi connectivity index (χ4n) is 2.32. The molecule has 1 atom stereocenters. The molecule has 136 valence electrons. The number of amides is 1. The number of rotatable bonds is 5. The van der Waals surface area contributed by atoms with E-state index >= 15 is 0 Å². The van der Waals surface area contributed by atoms with Crippen LogP contribution in [0.3, 0.4) is 0 Å². The Morgan fingerprint density at radius 3 is 2.52 bits per heavy atom. The maximum atomic E-state index is 12.3. The van der Waals surface area contributed by atoms with Crippen molar-refractivity contribution in [1.29, 1.82) is 0 Å². The number of esters is 1. The monoisotopic (exact) mass is 384 g/mol. The lowest BCUT2D eigenvalue weighted by Crippen LogP contribution is -2.37. The molecule has 1 aliphatic rings. The van der Waals surface area contributed by atoms with Gasteiger partial charge in [0, 0.05) is 19.8 Å². The van der Waals surface area contributed by atoms with E-state index in [2.05, 4.69) is 10.0 Å². The number of benzene rings is 1. The van der Waals surface area contributed by atoms with E-state index in [1.807, 2.05) is 13.0 Å². The van der Waals surface area contributed by atoms with Gasteiger partial charge in [-0.2, -0.15) is 4.72 Å². The second-order valence-corrected chi connectivity index (χ2v) is 8.52. The first-order chi connectivity index (χ1) is 11.8. The number of ether oxygens (including phenoxy) is 1. The van der Waals surface area contributed by atoms with Gasteiger partial charge >= 0.3 is 5.97 Å². The molecule has 1 unspecified atom stereocenters. The van der Waals surface area contributed by atoms with Crippen molar-refractivity contribution < 1.29 is 25.6 Å². The van der Waals surface area contributed by atoms with E-state index in [0.29, 0.717) is 17.0 Å². The highest BCUT2D eigenvalue weighted by molar-refractivity contribution is 7.89. The summed E-state index contributed by atoms with van der Waals surface area (Å²) in [7, 11) is -3.83. The van der Waals surface area contributed by atoms with Gasteiger partial charge in [-0.05, 0) is 43.3 Å². The van der Waals surface area contributed by atoms with Crippen LogP contribution >= 0.6 is 11.3 Å². The largest absolute Gasteiger partial charge is 0.464 e. The average Bonchev–Trinajstić information content (AvgIpc) is 3.17. The van der Waals surface area contributed by atoms with Crippen molar-refractivity contribution in [2.45, 2.75) is 24.3 Å². The molecule has 2 aromatic rings. The maximum Gasteiger partial charge on any atom is 0.324 e. The number of sulfonamides is 1. The predicted octanol–water partition coefficient (Wildman–Crippen LogP) is 2.39. The zero-order chi connectivity index (χ0) is 18.0. The fraction of sp³-hybridized carbons (Fsp3) is 0.250. The molecule has 25 heavy (non-hydrogen) atoms. The van der Waals surface area contributed by atoms with Gasteiger partial charge in [0.25, 0.3) is 5.91 Å². The van der Waals surface area contributed by atoms with Crippen LogP contribution in [0.15, 0.2) is 41.3 Å². The van der Waals surface area contributed by atoms with Crippen LogP contribution in [0.25, 0.3) is 0 Å². The first-order valence-electron chi connectivity index (χ1n) is 7.52. The molecular formula is C16H20N2O5S2. The van der Waals surface area contributed by atoms with Gasteiger partial charge in [-0.1, -0.05) is 0 Å². The Kier molecular flexibility index (Phi) is 4.89. The quantitative estimate of drug-likeness (QED) is 0.771. The third-order valence-electron chi connectivity index (χ3n) is 3.62. The van der Waals surface area contributed by atoms with E-state index in [1.54, 1.807) is 6.07 Å². The van der Waals surface area contributed by atoms with Gasteiger partial charge in [-0.15, -0.1) is 11.3 Å². The molecule has 9 heteroatoms. The Hall–Kier alpha value is -2.23. The van der Waals surface area contributed by atoms with Crippen molar-refractivity contribution in [1.82, 2.24) is 4.72 Å². The summed E-state index contributed by atoms with van der Waals surface area (Å²) in [5.41, 5.74) is 0.482. The molecule has 0 saturated carbocycles. The summed E-state index contributed by atoms with van der Waals surface area (Å²) in [6, 6.07) is 8.48. The number of nitrogens with one attached hydrogen (secondary N) is 2. The van der Waals surface area contributed by atoms with Crippen LogP contribution in [0.1, 0.15) is 23.8 Å². The third-order valence-corrected chi connectivity index (χ3v) is 6.11. The van der Waals surface area contributed by atoms with E-state index in [1.165, 1.54) is 35.6 Å². The Bertz CT molecular complexity index is 913. The SMILES string of the molecule is Cc1ccc(C(=O)Nc2ccc(S(=O)(=O)NC3CCOC3=O)cc2)s1.[HH].[HH]. The van der Waals surface area contributed by atoms with Crippen LogP contribution in [0, 0.1) is 6.92 Å². The van der Waals surface area contributed by atoms with E-state index in [4.69, 9.17) is 4.74 Å². The topological polar surface area (TPSA) is 102 Å². The Morgan fingerprint density at radius 2 is 1.96 bits per heavy atom. The van der Waals surface area contributed by atoms with Crippen LogP contribution in [0.5, 0.6) is 0 Å². The van der Waals surface area contributed by atoms with Gasteiger partial charge in [-0.25, -0.2) is 8.42 Å². The van der Waals surface area contributed by atoms with E-state index in [-0.39, 0.29) is 20.3 Å². The van der Waals surface area contributed by atoms with Crippen LogP contribution in [-0.4, -0.2) is 32.9 Å². The first-order valence-corrected chi connectivity index (χ1v) is 9.82. The van der Waals surface area contributed by atoms with Gasteiger partial charge < -0.3 is 10.1 Å². The van der Waals surface area contributed by atoms with E-state index in [0.717, 1.165) is 4.88 Å². The molecule has 1 aromatic carbocycles. The number of cyclic esters (lactones) is 1. The molecule has 1 aromatic heterocycles. The van der Waals surface area contributed by atoms with Crippen LogP contribution in [0.2, 0.25) is 0 Å². The Labute approximate surface area is 152 Å². The number of aryl methyl sites for hydroxylation is 1. The highest BCUT2D eigenvalue weighted by atomic mass is 32.2. The number of anilines is 1. The Morgan fingerprint density at radius 1 is 1.24 bits per heavy atom. The summed E-state index contributed by atoms with van der Waals surface area (Å²) >= 11 is 1.38. The number of carbonyl (C=O) groups is 2. The minimum Gasteiger partial charge on any atom is -0.464 e. The minimum atomic E-state index is -3.83. The van der Waals surface area contributed by atoms with E-state index < -0.39 is 22.0 Å². The molecule has 0 radical (unpaired) electrons. The lowest BCUT2D eigenvalue weighted by molar-refractivity contribution is -0.139. The smallest absolute Gasteiger partial charge is 0.324 e. The number of thiophene rings is 1. The molecule has 0 bridgehead atoms. The molecule has 7 nitrogen and oxygen atoms in total. The van der Waals surface area contributed by atoms with Crippen molar-refractivity contribution in [2.75, 3.05) is 11.9 Å². The Balaban J connectivity index is 0.00000182. The average molecular weight is 384 g/mol. The molecule has 1 fully saturated rings. The third kappa shape index (κ3) is 4.06. The standard InChI is InChI=1S/C16H16N2O5S2.2H2/c1-10-2-7-14(24-10)15(19)17-11-3-5-12(6-4-11)25(21,22)18-13-8-9-23-16(13)20;;/h2-7,13,18H,8-9H2,1H3,(H,17,19);2*1H. The van der Waals surface area contributed by atoms with Gasteiger partial charge in [0.2, 0.25) is 10.0 Å². The zero-order valence-corrected chi connectivity index (χ0v) is 14.9. The number of hydrogen-bond donors (Lipinski definition) is 2. The molecule has 1 amide bonds. The van der Waals surface area contributed by atoms with Crippen LogP contribution in [0.4, 0.5) is 5.69 Å². The first kappa shape index (κ1) is 17.6. The molecule has 0 spiro atoms. The highest BCUT2D eigenvalue weighted by Crippen LogP contribution is 2.19. The summed E-state index contributed by atoms with van der Waals surface area (Å²) in [5.74, 6) is -0.820. The van der Waals surface area contributed by atoms with Gasteiger partial charge in [0.15, 0.2) is 0 Å². The van der Waals surface area contributed by atoms with Crippen molar-refractivity contribution in [3.8, 4) is 0 Å². The summed E-state index contributed by atoms with van der Waals surface area (Å²) in [6.07, 6.45) is 0.312. The summed E-state index contributed by atoms with van der Waals surface area (Å²) in [4.78, 5) is 25.1. The molecule has 2 heterocycles. The second kappa shape index (κ2) is 6.95. The van der Waals surface area contributed by atoms with Crippen LogP contribution in [-0.2, 0) is 19.6 Å². The van der Waals surface area contributed by atoms with Gasteiger partial charge in [0.1, 0.15) is 6.04 Å². The summed E-state index contributed by atoms with van der Waals surface area (Å²) < 4.78 is 31.6. The molecule has 0 aliphatic carbocycles. The highest BCUT2D eigenvalue weighted by Gasteiger charge is 2.31. The van der Waals surface area contributed by atoms with Gasteiger partial charge in [0.05, 0.1) is 16.4 Å². The van der Waals surface area contributed by atoms with Crippen LogP contribution < -0.4 is 10.0 Å². The van der Waals surface area contributed by atoms with Crippen molar-refractivity contribution >= 4 is 38.9 Å². The second-order valence-electron chi connectivity index (χ2n) is 5.52. The molecular weight excluding hydrogens is 364 g/mol. The van der Waals surface area contributed by atoms with Crippen molar-refractivity contribution in [2.24, 2.45) is 0 Å². The molecule has 1 aliphatic heterocycles. The summed E-state index contributed by atoms with van der Waals surface area (Å²) in [5, 5.41) is 2.71. The molecule has 2 N–H and O–H groups in total. The van der Waals surface area contributed by atoms with Crippen molar-refractivity contribution in [3.63, 3.8) is 0 Å². The summed E-state index contributed by atoms with van der Waals surface area (Å²) in [6.45, 7) is 2.12. The number of carbonyl (C=O) groups excluding carboxylic acids is 2. The lowest BCUT2D eigenvalue weighted by atomic mass is 10.3. The van der Waals surface area contributed by atoms with E-state index in [9.17, 15) is 18.0 Å². The molecule has 1 saturated heterocycles. The maximum absolute atomic E-state index is 12.3. The number of hydrogen-bond acceptors (Lipinski definition) is 6. The predicted molar refractivity (Wildman–Crippen MR) is 97.4 cm³/mol. The lowest BCUT2D eigenvalue weighted by Gasteiger charge is -2.10. The fourth-order valence-corrected chi connectivity index (χ4v) is 4.31. The zero-order valence-electron chi connectivity index (χ0n) is 13.3. The normalized spacial score (nSPS) is 17.3. The minimum absolute atomic E-state index is 0. The van der Waals surface area contributed by atoms with Crippen molar-refractivity contribution in [3.05, 3.63) is 46.2 Å². The van der Waals surface area contributed by atoms with Gasteiger partial charge in [-0.3, -0.25) is 9.59 Å². The molecule has 3 rings (SSSR count).